The molecule has 0 spiro atoms. The smallest absolute Gasteiger partial charge is 0.191 e. The van der Waals surface area contributed by atoms with Gasteiger partial charge in [-0.3, -0.25) is 4.99 Å². The Hall–Kier alpha value is -0.780. The van der Waals surface area contributed by atoms with Gasteiger partial charge in [0.05, 0.1) is 17.0 Å². The van der Waals surface area contributed by atoms with E-state index in [2.05, 4.69) is 29.5 Å². The van der Waals surface area contributed by atoms with Crippen LogP contribution < -0.4 is 10.6 Å². The Morgan fingerprint density at radius 3 is 2.26 bits per heavy atom. The van der Waals surface area contributed by atoms with Gasteiger partial charge in [0, 0.05) is 12.6 Å². The summed E-state index contributed by atoms with van der Waals surface area (Å²) in [4.78, 5) is 4.32. The van der Waals surface area contributed by atoms with E-state index < -0.39 is 14.6 Å². The molecule has 19 heavy (non-hydrogen) atoms. The maximum absolute atomic E-state index is 12.0. The fourth-order valence-electron chi connectivity index (χ4n) is 1.24. The van der Waals surface area contributed by atoms with Gasteiger partial charge in [-0.15, -0.1) is 0 Å². The number of hydrogen-bond acceptors (Lipinski definition) is 3. The maximum atomic E-state index is 12.0. The number of nitrogens with one attached hydrogen (secondary N) is 2. The SMILES string of the molecule is CCNC(=NCCS(=O)(=O)C(C)(C)C)NC(C)CC. The summed E-state index contributed by atoms with van der Waals surface area (Å²) in [7, 11) is -3.11. The van der Waals surface area contributed by atoms with Gasteiger partial charge in [0.1, 0.15) is 0 Å². The van der Waals surface area contributed by atoms with Crippen molar-refractivity contribution in [2.75, 3.05) is 18.8 Å². The zero-order valence-electron chi connectivity index (χ0n) is 13.1. The maximum Gasteiger partial charge on any atom is 0.191 e. The van der Waals surface area contributed by atoms with Crippen LogP contribution in [0.3, 0.4) is 0 Å². The lowest BCUT2D eigenvalue weighted by Crippen LogP contribution is -2.42. The molecule has 114 valence electrons. The van der Waals surface area contributed by atoms with Crippen LogP contribution in [-0.2, 0) is 9.84 Å². The molecule has 1 atom stereocenters. The van der Waals surface area contributed by atoms with Crippen LogP contribution in [0.25, 0.3) is 0 Å². The lowest BCUT2D eigenvalue weighted by molar-refractivity contribution is 0.560. The van der Waals surface area contributed by atoms with Crippen LogP contribution in [0.15, 0.2) is 4.99 Å². The fourth-order valence-corrected chi connectivity index (χ4v) is 2.18. The highest BCUT2D eigenvalue weighted by atomic mass is 32.2. The Labute approximate surface area is 118 Å². The van der Waals surface area contributed by atoms with Crippen molar-refractivity contribution in [1.29, 1.82) is 0 Å². The number of aliphatic imine (C=N–C) groups is 1. The minimum atomic E-state index is -3.11. The van der Waals surface area contributed by atoms with Crippen molar-refractivity contribution in [1.82, 2.24) is 10.6 Å². The molecule has 2 N–H and O–H groups in total. The molecular weight excluding hydrogens is 262 g/mol. The van der Waals surface area contributed by atoms with Crippen LogP contribution >= 0.6 is 0 Å². The molecule has 0 fully saturated rings. The standard InChI is InChI=1S/C13H29N3O2S/c1-7-11(3)16-12(14-8-2)15-9-10-19(17,18)13(4,5)6/h11H,7-10H2,1-6H3,(H2,14,15,16). The first-order chi connectivity index (χ1) is 8.64. The second kappa shape index (κ2) is 7.72. The van der Waals surface area contributed by atoms with Crippen LogP contribution in [0.5, 0.6) is 0 Å². The van der Waals surface area contributed by atoms with Crippen molar-refractivity contribution in [3.05, 3.63) is 0 Å². The van der Waals surface area contributed by atoms with Gasteiger partial charge in [0.25, 0.3) is 0 Å². The number of nitrogens with zero attached hydrogens (tertiary/aromatic N) is 1. The van der Waals surface area contributed by atoms with Crippen molar-refractivity contribution >= 4 is 15.8 Å². The average Bonchev–Trinajstić information content (AvgIpc) is 2.27. The third-order valence-corrected chi connectivity index (χ3v) is 5.49. The van der Waals surface area contributed by atoms with Gasteiger partial charge in [0.2, 0.25) is 0 Å². The van der Waals surface area contributed by atoms with Crippen molar-refractivity contribution in [3.63, 3.8) is 0 Å². The van der Waals surface area contributed by atoms with Crippen LogP contribution in [0, 0.1) is 0 Å². The van der Waals surface area contributed by atoms with Gasteiger partial charge in [-0.1, -0.05) is 6.92 Å². The minimum Gasteiger partial charge on any atom is -0.357 e. The van der Waals surface area contributed by atoms with E-state index in [1.54, 1.807) is 20.8 Å². The monoisotopic (exact) mass is 291 g/mol. The second-order valence-corrected chi connectivity index (χ2v) is 8.51. The van der Waals surface area contributed by atoms with E-state index in [4.69, 9.17) is 0 Å². The molecule has 0 aromatic carbocycles. The minimum absolute atomic E-state index is 0.0770. The van der Waals surface area contributed by atoms with Crippen molar-refractivity contribution < 1.29 is 8.42 Å². The van der Waals surface area contributed by atoms with Crippen LogP contribution in [0.4, 0.5) is 0 Å². The fraction of sp³-hybridized carbons (Fsp3) is 0.923. The van der Waals surface area contributed by atoms with E-state index in [9.17, 15) is 8.42 Å². The molecule has 5 nitrogen and oxygen atoms in total. The normalized spacial score (nSPS) is 15.2. The molecule has 0 aliphatic carbocycles. The Morgan fingerprint density at radius 1 is 1.26 bits per heavy atom. The van der Waals surface area contributed by atoms with Crippen LogP contribution in [0.1, 0.15) is 48.0 Å². The third-order valence-electron chi connectivity index (χ3n) is 2.90. The van der Waals surface area contributed by atoms with Gasteiger partial charge in [-0.05, 0) is 41.0 Å². The highest BCUT2D eigenvalue weighted by molar-refractivity contribution is 7.92. The van der Waals surface area contributed by atoms with Gasteiger partial charge in [-0.25, -0.2) is 8.42 Å². The first-order valence-corrected chi connectivity index (χ1v) is 8.56. The zero-order valence-corrected chi connectivity index (χ0v) is 13.9. The first kappa shape index (κ1) is 18.2. The molecule has 1 unspecified atom stereocenters. The lowest BCUT2D eigenvalue weighted by Gasteiger charge is -2.19. The number of rotatable bonds is 6. The molecule has 0 saturated heterocycles. The summed E-state index contributed by atoms with van der Waals surface area (Å²) in [6.07, 6.45) is 0.991. The van der Waals surface area contributed by atoms with Crippen molar-refractivity contribution in [2.24, 2.45) is 4.99 Å². The molecule has 0 aromatic rings. The average molecular weight is 291 g/mol. The first-order valence-electron chi connectivity index (χ1n) is 6.91. The second-order valence-electron chi connectivity index (χ2n) is 5.65. The molecule has 0 heterocycles. The molecule has 0 bridgehead atoms. The van der Waals surface area contributed by atoms with Gasteiger partial charge < -0.3 is 10.6 Å². The van der Waals surface area contributed by atoms with Crippen molar-refractivity contribution in [2.45, 2.75) is 58.8 Å². The van der Waals surface area contributed by atoms with Gasteiger partial charge in [-0.2, -0.15) is 0 Å². The predicted octanol–water partition coefficient (Wildman–Crippen LogP) is 1.55. The summed E-state index contributed by atoms with van der Waals surface area (Å²) in [6, 6.07) is 0.317. The van der Waals surface area contributed by atoms with E-state index in [0.717, 1.165) is 13.0 Å². The molecule has 0 rings (SSSR count). The van der Waals surface area contributed by atoms with Gasteiger partial charge in [0.15, 0.2) is 15.8 Å². The number of guanidine groups is 1. The summed E-state index contributed by atoms with van der Waals surface area (Å²) < 4.78 is 23.2. The van der Waals surface area contributed by atoms with E-state index >= 15 is 0 Å². The molecular formula is C13H29N3O2S. The third kappa shape index (κ3) is 6.80. The molecule has 6 heteroatoms. The summed E-state index contributed by atoms with van der Waals surface area (Å²) in [6.45, 7) is 12.3. The van der Waals surface area contributed by atoms with Crippen molar-refractivity contribution in [3.8, 4) is 0 Å². The Kier molecular flexibility index (Phi) is 7.41. The molecule has 0 saturated carbocycles. The molecule has 0 aromatic heterocycles. The quantitative estimate of drug-likeness (QED) is 0.575. The zero-order chi connectivity index (χ0) is 15.1. The summed E-state index contributed by atoms with van der Waals surface area (Å²) >= 11 is 0. The highest BCUT2D eigenvalue weighted by Crippen LogP contribution is 2.15. The molecule has 0 aliphatic heterocycles. The molecule has 0 radical (unpaired) electrons. The van der Waals surface area contributed by atoms with Crippen LogP contribution in [0.2, 0.25) is 0 Å². The number of sulfone groups is 1. The van der Waals surface area contributed by atoms with Crippen LogP contribution in [-0.4, -0.2) is 44.0 Å². The predicted molar refractivity (Wildman–Crippen MR) is 82.4 cm³/mol. The summed E-state index contributed by atoms with van der Waals surface area (Å²) in [5.41, 5.74) is 0. The Bertz CT molecular complexity index is 383. The lowest BCUT2D eigenvalue weighted by atomic mass is 10.3. The van der Waals surface area contributed by atoms with E-state index in [0.29, 0.717) is 12.0 Å². The van der Waals surface area contributed by atoms with E-state index in [-0.39, 0.29) is 12.3 Å². The largest absolute Gasteiger partial charge is 0.357 e. The Morgan fingerprint density at radius 2 is 1.84 bits per heavy atom. The summed E-state index contributed by atoms with van der Waals surface area (Å²) in [5, 5.41) is 6.35. The van der Waals surface area contributed by atoms with Gasteiger partial charge >= 0.3 is 0 Å². The van der Waals surface area contributed by atoms with E-state index in [1.165, 1.54) is 0 Å². The number of hydrogen-bond donors (Lipinski definition) is 2. The highest BCUT2D eigenvalue weighted by Gasteiger charge is 2.28. The molecule has 0 amide bonds. The molecule has 0 aliphatic rings. The topological polar surface area (TPSA) is 70.6 Å². The summed E-state index contributed by atoms with van der Waals surface area (Å²) in [5.74, 6) is 0.758. The Balaban J connectivity index is 4.56. The van der Waals surface area contributed by atoms with E-state index in [1.807, 2.05) is 6.92 Å².